The molecule has 0 aromatic carbocycles. The number of hydrogen-bond acceptors (Lipinski definition) is 9. The van der Waals surface area contributed by atoms with E-state index in [1.807, 2.05) is 0 Å². The SMILES string of the molecule is O=C([O-])[O-].O=C([O-])[O-].O=C([O-])[O-].[Yb+2].[Yb+2]. The molecule has 0 aromatic rings. The van der Waals surface area contributed by atoms with E-state index < -0.39 is 18.5 Å². The summed E-state index contributed by atoms with van der Waals surface area (Å²) in [5, 5.41) is 50.0. The molecule has 0 aromatic heterocycles. The van der Waals surface area contributed by atoms with Gasteiger partial charge in [0.2, 0.25) is 0 Å². The second-order valence-electron chi connectivity index (χ2n) is 0.750. The van der Waals surface area contributed by atoms with E-state index in [1.165, 1.54) is 0 Å². The molecule has 11 heteroatoms. The van der Waals surface area contributed by atoms with Gasteiger partial charge < -0.3 is 45.0 Å². The fourth-order valence-electron chi connectivity index (χ4n) is 0. The quantitative estimate of drug-likeness (QED) is 0.295. The first-order valence-corrected chi connectivity index (χ1v) is 1.84. The van der Waals surface area contributed by atoms with Crippen molar-refractivity contribution in [1.29, 1.82) is 0 Å². The first kappa shape index (κ1) is 29.4. The van der Waals surface area contributed by atoms with Crippen LogP contribution in [0.2, 0.25) is 0 Å². The first-order valence-electron chi connectivity index (χ1n) is 1.84. The Morgan fingerprint density at radius 3 is 0.500 bits per heavy atom. The van der Waals surface area contributed by atoms with Crippen LogP contribution < -0.4 is 30.6 Å². The fraction of sp³-hybridized carbons (Fsp3) is 0. The van der Waals surface area contributed by atoms with Gasteiger partial charge in [0.25, 0.3) is 0 Å². The Morgan fingerprint density at radius 2 is 0.500 bits per heavy atom. The maximum atomic E-state index is 8.33. The smallest absolute Gasteiger partial charge is 0.652 e. The second-order valence-corrected chi connectivity index (χ2v) is 0.750. The van der Waals surface area contributed by atoms with E-state index in [9.17, 15) is 0 Å². The molecule has 0 rings (SSSR count). The van der Waals surface area contributed by atoms with Crippen molar-refractivity contribution in [2.45, 2.75) is 0 Å². The Bertz CT molecular complexity index is 116. The number of carbonyl (C=O) groups excluding carboxylic acids is 3. The van der Waals surface area contributed by atoms with Crippen molar-refractivity contribution in [1.82, 2.24) is 0 Å². The minimum absolute atomic E-state index is 0. The summed E-state index contributed by atoms with van der Waals surface area (Å²) >= 11 is 0. The molecule has 0 aliphatic rings. The third-order valence-electron chi connectivity index (χ3n) is 0. The van der Waals surface area contributed by atoms with E-state index >= 15 is 0 Å². The van der Waals surface area contributed by atoms with E-state index in [2.05, 4.69) is 0 Å². The summed E-state index contributed by atoms with van der Waals surface area (Å²) in [5.74, 6) is 0. The number of hydrogen-bond donors (Lipinski definition) is 0. The average molecular weight is 526 g/mol. The van der Waals surface area contributed by atoms with Crippen LogP contribution in [0, 0.1) is 93.8 Å². The summed E-state index contributed by atoms with van der Waals surface area (Å²) in [4.78, 5) is 25.0. The van der Waals surface area contributed by atoms with E-state index in [1.54, 1.807) is 0 Å². The van der Waals surface area contributed by atoms with Gasteiger partial charge in [0.1, 0.15) is 0 Å². The molecule has 0 fully saturated rings. The Hall–Kier alpha value is 0.849. The molecular formula is C3O9Yb2-2. The molecular weight excluding hydrogens is 526 g/mol. The minimum Gasteiger partial charge on any atom is -0.652 e. The largest absolute Gasteiger partial charge is 2.00 e. The molecule has 96 valence electrons. The molecule has 9 nitrogen and oxygen atoms in total. The van der Waals surface area contributed by atoms with E-state index in [0.29, 0.717) is 0 Å². The molecule has 0 bridgehead atoms. The molecule has 0 heterocycles. The molecule has 0 N–H and O–H groups in total. The van der Waals surface area contributed by atoms with Crippen LogP contribution in [0.25, 0.3) is 0 Å². The zero-order valence-electron chi connectivity index (χ0n) is 5.71. The molecule has 0 aliphatic heterocycles. The van der Waals surface area contributed by atoms with E-state index in [-0.39, 0.29) is 93.8 Å². The Morgan fingerprint density at radius 1 is 0.500 bits per heavy atom. The predicted molar refractivity (Wildman–Crippen MR) is 16.2 cm³/mol. The summed E-state index contributed by atoms with van der Waals surface area (Å²) in [6.45, 7) is 0. The van der Waals surface area contributed by atoms with E-state index in [4.69, 9.17) is 45.0 Å². The van der Waals surface area contributed by atoms with Crippen LogP contribution in [0.5, 0.6) is 0 Å². The molecule has 0 amide bonds. The van der Waals surface area contributed by atoms with Crippen molar-refractivity contribution in [3.05, 3.63) is 0 Å². The van der Waals surface area contributed by atoms with Gasteiger partial charge in [0.15, 0.2) is 0 Å². The second kappa shape index (κ2) is 23.6. The van der Waals surface area contributed by atoms with Gasteiger partial charge in [-0.2, -0.15) is 0 Å². The van der Waals surface area contributed by atoms with Crippen LogP contribution in [-0.2, 0) is 0 Å². The predicted octanol–water partition coefficient (Wildman–Crippen LogP) is -7.34. The van der Waals surface area contributed by atoms with E-state index in [0.717, 1.165) is 0 Å². The summed E-state index contributed by atoms with van der Waals surface area (Å²) in [7, 11) is 0. The van der Waals surface area contributed by atoms with Gasteiger partial charge in [-0.1, -0.05) is 0 Å². The Kier molecular flexibility index (Phi) is 49.4. The molecule has 0 saturated carbocycles. The minimum atomic E-state index is -2.33. The van der Waals surface area contributed by atoms with Crippen molar-refractivity contribution in [3.8, 4) is 0 Å². The fourth-order valence-corrected chi connectivity index (χ4v) is 0. The molecule has 0 saturated heterocycles. The van der Waals surface area contributed by atoms with Crippen LogP contribution in [0.3, 0.4) is 0 Å². The molecule has 0 unspecified atom stereocenters. The maximum absolute atomic E-state index is 8.33. The van der Waals surface area contributed by atoms with Gasteiger partial charge in [-0.3, -0.25) is 0 Å². The van der Waals surface area contributed by atoms with Crippen LogP contribution >= 0.6 is 0 Å². The van der Waals surface area contributed by atoms with Gasteiger partial charge in [0.05, 0.1) is 0 Å². The van der Waals surface area contributed by atoms with Crippen molar-refractivity contribution in [3.63, 3.8) is 0 Å². The standard InChI is InChI=1S/3CH2O3.2Yb/c3*2-1(3)4;;/h3*(H2,2,3,4);;/q;;;2*+2/p-6. The summed E-state index contributed by atoms with van der Waals surface area (Å²) < 4.78 is 0. The molecule has 14 heavy (non-hydrogen) atoms. The summed E-state index contributed by atoms with van der Waals surface area (Å²) in [6.07, 6.45) is -7.00. The van der Waals surface area contributed by atoms with Crippen LogP contribution in [-0.4, -0.2) is 18.5 Å². The van der Waals surface area contributed by atoms with Crippen LogP contribution in [0.1, 0.15) is 0 Å². The van der Waals surface area contributed by atoms with Crippen molar-refractivity contribution < 1.29 is 139 Å². The molecule has 0 aliphatic carbocycles. The number of carbonyl (C=O) groups is 3. The third-order valence-corrected chi connectivity index (χ3v) is 0. The van der Waals surface area contributed by atoms with Crippen molar-refractivity contribution in [2.24, 2.45) is 0 Å². The van der Waals surface area contributed by atoms with Gasteiger partial charge >= 0.3 is 93.8 Å². The molecule has 0 spiro atoms. The monoisotopic (exact) mass is 528 g/mol. The third kappa shape index (κ3) is 2500. The number of carboxylic acid groups (broad SMARTS) is 6. The Balaban J connectivity index is -0.0000000270. The van der Waals surface area contributed by atoms with Crippen molar-refractivity contribution in [2.75, 3.05) is 0 Å². The van der Waals surface area contributed by atoms with Gasteiger partial charge in [0, 0.05) is 0 Å². The van der Waals surface area contributed by atoms with Gasteiger partial charge in [-0.25, -0.2) is 0 Å². The molecule has 0 radical (unpaired) electrons. The summed E-state index contributed by atoms with van der Waals surface area (Å²) in [5.41, 5.74) is 0. The number of rotatable bonds is 0. The topological polar surface area (TPSA) is 190 Å². The first-order chi connectivity index (χ1) is 5.20. The van der Waals surface area contributed by atoms with Gasteiger partial charge in [-0.05, 0) is 18.5 Å². The zero-order valence-corrected chi connectivity index (χ0v) is 9.14. The summed E-state index contributed by atoms with van der Waals surface area (Å²) in [6, 6.07) is 0. The van der Waals surface area contributed by atoms with Crippen molar-refractivity contribution >= 4 is 18.5 Å². The zero-order chi connectivity index (χ0) is 10.7. The normalized spacial score (nSPS) is 5.14. The van der Waals surface area contributed by atoms with Crippen LogP contribution in [0.15, 0.2) is 0 Å². The maximum Gasteiger partial charge on any atom is 2.00 e. The van der Waals surface area contributed by atoms with Gasteiger partial charge in [-0.15, -0.1) is 0 Å². The Labute approximate surface area is 154 Å². The van der Waals surface area contributed by atoms with Crippen LogP contribution in [0.4, 0.5) is 14.4 Å². The molecule has 0 atom stereocenters. The average Bonchev–Trinajstić information content (AvgIpc) is 1.54.